The van der Waals surface area contributed by atoms with E-state index in [1.54, 1.807) is 13.0 Å². The zero-order valence-corrected chi connectivity index (χ0v) is 14.6. The van der Waals surface area contributed by atoms with Crippen LogP contribution in [0.4, 0.5) is 10.5 Å². The van der Waals surface area contributed by atoms with E-state index in [2.05, 4.69) is 42.5 Å². The zero-order chi connectivity index (χ0) is 15.6. The summed E-state index contributed by atoms with van der Waals surface area (Å²) in [5, 5.41) is 14.9. The summed E-state index contributed by atoms with van der Waals surface area (Å²) < 4.78 is 1.60. The fourth-order valence-corrected chi connectivity index (χ4v) is 3.27. The first-order valence-electron chi connectivity index (χ1n) is 6.59. The maximum atomic E-state index is 12.1. The third kappa shape index (κ3) is 3.58. The van der Waals surface area contributed by atoms with Crippen LogP contribution in [0.5, 0.6) is 0 Å². The average Bonchev–Trinajstić information content (AvgIpc) is 2.77. The number of carboxylic acid groups (broad SMARTS) is 1. The molecule has 1 fully saturated rings. The topological polar surface area (TPSA) is 78.4 Å². The predicted octanol–water partition coefficient (Wildman–Crippen LogP) is 3.98. The fourth-order valence-electron chi connectivity index (χ4n) is 2.56. The molecule has 2 amide bonds. The fraction of sp³-hybridized carbons (Fsp3) is 0.429. The Labute approximate surface area is 139 Å². The van der Waals surface area contributed by atoms with Gasteiger partial charge in [-0.25, -0.2) is 4.79 Å². The third-order valence-corrected chi connectivity index (χ3v) is 5.11. The van der Waals surface area contributed by atoms with Crippen molar-refractivity contribution in [2.75, 3.05) is 5.32 Å². The van der Waals surface area contributed by atoms with E-state index in [1.165, 1.54) is 0 Å². The number of anilines is 1. The minimum Gasteiger partial charge on any atom is -0.481 e. The predicted molar refractivity (Wildman–Crippen MR) is 87.4 cm³/mol. The largest absolute Gasteiger partial charge is 0.481 e. The smallest absolute Gasteiger partial charge is 0.319 e. The lowest BCUT2D eigenvalue weighted by atomic mass is 9.85. The zero-order valence-electron chi connectivity index (χ0n) is 11.5. The van der Waals surface area contributed by atoms with Crippen LogP contribution in [0.2, 0.25) is 0 Å². The summed E-state index contributed by atoms with van der Waals surface area (Å²) in [6, 6.07) is 4.69. The second-order valence-electron chi connectivity index (χ2n) is 5.39. The highest BCUT2D eigenvalue weighted by Crippen LogP contribution is 2.38. The Kier molecular flexibility index (Phi) is 4.93. The van der Waals surface area contributed by atoms with E-state index in [0.717, 1.165) is 15.4 Å². The number of amides is 2. The number of nitrogens with one attached hydrogen (secondary N) is 2. The summed E-state index contributed by atoms with van der Waals surface area (Å²) in [7, 11) is 0. The van der Waals surface area contributed by atoms with Crippen LogP contribution >= 0.6 is 31.9 Å². The van der Waals surface area contributed by atoms with Gasteiger partial charge in [-0.3, -0.25) is 4.79 Å². The molecule has 7 heteroatoms. The molecule has 0 bridgehead atoms. The van der Waals surface area contributed by atoms with Crippen LogP contribution in [-0.2, 0) is 4.79 Å². The molecular formula is C14H16Br2N2O3. The lowest BCUT2D eigenvalue weighted by molar-refractivity contribution is -0.148. The van der Waals surface area contributed by atoms with Gasteiger partial charge in [-0.05, 0) is 53.9 Å². The van der Waals surface area contributed by atoms with Crippen LogP contribution in [0.15, 0.2) is 27.1 Å². The van der Waals surface area contributed by atoms with E-state index in [0.29, 0.717) is 18.5 Å². The number of carbonyl (C=O) groups is 2. The first-order chi connectivity index (χ1) is 9.83. The lowest BCUT2D eigenvalue weighted by Gasteiger charge is -2.27. The molecule has 0 aliphatic heterocycles. The van der Waals surface area contributed by atoms with Gasteiger partial charge in [-0.1, -0.05) is 22.4 Å². The minimum atomic E-state index is -0.897. The van der Waals surface area contributed by atoms with E-state index in [1.807, 2.05) is 12.1 Å². The molecule has 1 aliphatic rings. The summed E-state index contributed by atoms with van der Waals surface area (Å²) in [4.78, 5) is 23.5. The van der Waals surface area contributed by atoms with Crippen LogP contribution in [-0.4, -0.2) is 23.1 Å². The number of halogens is 2. The Morgan fingerprint density at radius 3 is 2.76 bits per heavy atom. The number of urea groups is 1. The van der Waals surface area contributed by atoms with E-state index in [9.17, 15) is 14.7 Å². The lowest BCUT2D eigenvalue weighted by Crippen LogP contribution is -2.48. The van der Waals surface area contributed by atoms with Gasteiger partial charge in [0.15, 0.2) is 0 Å². The van der Waals surface area contributed by atoms with Gasteiger partial charge in [0.05, 0.1) is 11.1 Å². The van der Waals surface area contributed by atoms with Crippen molar-refractivity contribution in [1.29, 1.82) is 0 Å². The standard InChI is InChI=1S/C14H16Br2N2O3/c1-14(12(19)20)6-2-3-11(14)18-13(21)17-10-7-8(15)4-5-9(10)16/h4-5,7,11H,2-3,6H2,1H3,(H,19,20)(H2,17,18,21). The average molecular weight is 420 g/mol. The maximum Gasteiger partial charge on any atom is 0.319 e. The molecule has 1 aliphatic carbocycles. The summed E-state index contributed by atoms with van der Waals surface area (Å²) in [6.07, 6.45) is 2.05. The molecule has 0 saturated heterocycles. The van der Waals surface area contributed by atoms with Gasteiger partial charge in [0.2, 0.25) is 0 Å². The third-order valence-electron chi connectivity index (χ3n) is 3.93. The number of hydrogen-bond acceptors (Lipinski definition) is 2. The van der Waals surface area contributed by atoms with Crippen molar-refractivity contribution in [2.45, 2.75) is 32.2 Å². The van der Waals surface area contributed by atoms with Gasteiger partial charge >= 0.3 is 12.0 Å². The molecule has 1 aromatic carbocycles. The van der Waals surface area contributed by atoms with Crippen molar-refractivity contribution in [2.24, 2.45) is 5.41 Å². The second-order valence-corrected chi connectivity index (χ2v) is 7.16. The monoisotopic (exact) mass is 418 g/mol. The number of aliphatic carboxylic acids is 1. The number of carbonyl (C=O) groups excluding carboxylic acids is 1. The van der Waals surface area contributed by atoms with Gasteiger partial charge in [0, 0.05) is 15.0 Å². The number of benzene rings is 1. The molecule has 0 radical (unpaired) electrons. The van der Waals surface area contributed by atoms with Gasteiger partial charge in [-0.15, -0.1) is 0 Å². The van der Waals surface area contributed by atoms with Gasteiger partial charge in [-0.2, -0.15) is 0 Å². The van der Waals surface area contributed by atoms with E-state index < -0.39 is 17.4 Å². The molecule has 114 valence electrons. The summed E-state index contributed by atoms with van der Waals surface area (Å²) >= 11 is 6.70. The van der Waals surface area contributed by atoms with Crippen molar-refractivity contribution in [3.8, 4) is 0 Å². The molecule has 5 nitrogen and oxygen atoms in total. The minimum absolute atomic E-state index is 0.360. The molecular weight excluding hydrogens is 404 g/mol. The highest BCUT2D eigenvalue weighted by Gasteiger charge is 2.45. The van der Waals surface area contributed by atoms with Crippen molar-refractivity contribution in [1.82, 2.24) is 5.32 Å². The first-order valence-corrected chi connectivity index (χ1v) is 8.17. The number of hydrogen-bond donors (Lipinski definition) is 3. The van der Waals surface area contributed by atoms with Crippen molar-refractivity contribution >= 4 is 49.5 Å². The van der Waals surface area contributed by atoms with Crippen molar-refractivity contribution < 1.29 is 14.7 Å². The highest BCUT2D eigenvalue weighted by molar-refractivity contribution is 9.11. The Hall–Kier alpha value is -1.08. The van der Waals surface area contributed by atoms with Gasteiger partial charge in [0.1, 0.15) is 0 Å². The molecule has 0 heterocycles. The highest BCUT2D eigenvalue weighted by atomic mass is 79.9. The maximum absolute atomic E-state index is 12.1. The van der Waals surface area contributed by atoms with E-state index in [-0.39, 0.29) is 6.04 Å². The van der Waals surface area contributed by atoms with Crippen LogP contribution in [0.3, 0.4) is 0 Å². The number of rotatable bonds is 3. The van der Waals surface area contributed by atoms with Crippen LogP contribution < -0.4 is 10.6 Å². The molecule has 0 aromatic heterocycles. The molecule has 3 N–H and O–H groups in total. The van der Waals surface area contributed by atoms with Crippen molar-refractivity contribution in [3.63, 3.8) is 0 Å². The molecule has 1 saturated carbocycles. The molecule has 2 rings (SSSR count). The molecule has 1 aromatic rings. The first kappa shape index (κ1) is 16.3. The van der Waals surface area contributed by atoms with Gasteiger partial charge in [0.25, 0.3) is 0 Å². The molecule has 2 atom stereocenters. The molecule has 21 heavy (non-hydrogen) atoms. The summed E-state index contributed by atoms with van der Waals surface area (Å²) in [5.74, 6) is -0.867. The van der Waals surface area contributed by atoms with Crippen LogP contribution in [0, 0.1) is 5.41 Å². The molecule has 0 spiro atoms. The van der Waals surface area contributed by atoms with Gasteiger partial charge < -0.3 is 15.7 Å². The Balaban J connectivity index is 2.05. The summed E-state index contributed by atoms with van der Waals surface area (Å²) in [6.45, 7) is 1.68. The second kappa shape index (κ2) is 6.36. The van der Waals surface area contributed by atoms with E-state index in [4.69, 9.17) is 0 Å². The number of carboxylic acids is 1. The summed E-state index contributed by atoms with van der Waals surface area (Å²) in [5.41, 5.74) is -0.275. The van der Waals surface area contributed by atoms with E-state index >= 15 is 0 Å². The van der Waals surface area contributed by atoms with Crippen LogP contribution in [0.25, 0.3) is 0 Å². The Morgan fingerprint density at radius 2 is 2.10 bits per heavy atom. The van der Waals surface area contributed by atoms with Crippen molar-refractivity contribution in [3.05, 3.63) is 27.1 Å². The normalized spacial score (nSPS) is 24.6. The SMILES string of the molecule is CC1(C(=O)O)CCCC1NC(=O)Nc1cc(Br)ccc1Br. The Bertz CT molecular complexity index is 579. The Morgan fingerprint density at radius 1 is 1.38 bits per heavy atom. The molecule has 2 unspecified atom stereocenters. The van der Waals surface area contributed by atoms with Crippen LogP contribution in [0.1, 0.15) is 26.2 Å². The quantitative estimate of drug-likeness (QED) is 0.693.